The largest absolute Gasteiger partial charge is 0.481 e. The van der Waals surface area contributed by atoms with E-state index in [-0.39, 0.29) is 25.0 Å². The van der Waals surface area contributed by atoms with Gasteiger partial charge in [-0.05, 0) is 55.2 Å². The van der Waals surface area contributed by atoms with Gasteiger partial charge in [0.1, 0.15) is 29.7 Å². The van der Waals surface area contributed by atoms with Gasteiger partial charge in [0.05, 0.1) is 12.5 Å². The second-order valence-electron chi connectivity index (χ2n) is 9.45. The van der Waals surface area contributed by atoms with E-state index in [1.807, 2.05) is 18.2 Å². The van der Waals surface area contributed by atoms with Gasteiger partial charge in [-0.15, -0.1) is 0 Å². The average molecular weight is 556 g/mol. The van der Waals surface area contributed by atoms with Gasteiger partial charge in [-0.25, -0.2) is 0 Å². The number of carbonyl (C=O) groups excluding carboxylic acids is 4. The standard InChI is InChI=1S/C28H33N3O9/c1-17(2)14-22(26(37)30-19(16-32)15-25(35)36)27(38)31-23(12-13-24(33)34)28(39)29-18-8-10-21(11-9-18)40-20-6-4-3-5-7-20/h3-11,16-17,19,22-23H,12-15H2,1-2H3,(H,29,39)(H,30,37)(H,31,38)(H,33,34)(H,35,36). The number of anilines is 1. The van der Waals surface area contributed by atoms with Crippen molar-refractivity contribution >= 4 is 41.6 Å². The van der Waals surface area contributed by atoms with Gasteiger partial charge < -0.3 is 35.7 Å². The van der Waals surface area contributed by atoms with Crippen LogP contribution in [0.2, 0.25) is 0 Å². The number of hydrogen-bond donors (Lipinski definition) is 5. The third-order valence-electron chi connectivity index (χ3n) is 5.61. The van der Waals surface area contributed by atoms with Crippen molar-refractivity contribution in [2.75, 3.05) is 5.32 Å². The fourth-order valence-electron chi connectivity index (χ4n) is 3.68. The van der Waals surface area contributed by atoms with E-state index < -0.39 is 60.5 Å². The predicted molar refractivity (Wildman–Crippen MR) is 144 cm³/mol. The summed E-state index contributed by atoms with van der Waals surface area (Å²) in [6.07, 6.45) is -1.06. The Morgan fingerprint density at radius 3 is 1.98 bits per heavy atom. The highest BCUT2D eigenvalue weighted by molar-refractivity contribution is 6.04. The van der Waals surface area contributed by atoms with Crippen LogP contribution in [0.4, 0.5) is 5.69 Å². The Kier molecular flexibility index (Phi) is 12.3. The lowest BCUT2D eigenvalue weighted by Crippen LogP contribution is -2.51. The molecule has 0 radical (unpaired) electrons. The van der Waals surface area contributed by atoms with Crippen molar-refractivity contribution in [3.8, 4) is 11.5 Å². The number of carboxylic acid groups (broad SMARTS) is 2. The Hall–Kier alpha value is -4.74. The van der Waals surface area contributed by atoms with Crippen LogP contribution in [0.3, 0.4) is 0 Å². The number of ether oxygens (including phenoxy) is 1. The Balaban J connectivity index is 2.14. The lowest BCUT2D eigenvalue weighted by molar-refractivity contribution is -0.141. The molecule has 2 rings (SSSR count). The van der Waals surface area contributed by atoms with Gasteiger partial charge in [-0.1, -0.05) is 32.0 Å². The molecule has 0 bridgehead atoms. The molecule has 12 heteroatoms. The zero-order valence-corrected chi connectivity index (χ0v) is 22.2. The molecule has 0 saturated heterocycles. The number of aliphatic carboxylic acids is 2. The molecule has 0 aliphatic carbocycles. The van der Waals surface area contributed by atoms with Gasteiger partial charge in [0.15, 0.2) is 0 Å². The van der Waals surface area contributed by atoms with Crippen LogP contribution in [0.1, 0.15) is 39.5 Å². The summed E-state index contributed by atoms with van der Waals surface area (Å²) in [4.78, 5) is 72.3. The summed E-state index contributed by atoms with van der Waals surface area (Å²) in [5, 5.41) is 25.4. The number of aldehydes is 1. The predicted octanol–water partition coefficient (Wildman–Crippen LogP) is 2.59. The summed E-state index contributed by atoms with van der Waals surface area (Å²) in [6.45, 7) is 3.50. The smallest absolute Gasteiger partial charge is 0.305 e. The molecule has 2 aromatic carbocycles. The van der Waals surface area contributed by atoms with Gasteiger partial charge in [0.2, 0.25) is 17.7 Å². The van der Waals surface area contributed by atoms with Gasteiger partial charge in [0, 0.05) is 12.1 Å². The minimum atomic E-state index is -1.36. The molecule has 3 amide bonds. The van der Waals surface area contributed by atoms with Crippen molar-refractivity contribution < 1.29 is 43.7 Å². The first-order valence-electron chi connectivity index (χ1n) is 12.6. The Labute approximate surface area is 231 Å². The molecular formula is C28H33N3O9. The zero-order chi connectivity index (χ0) is 29.7. The second kappa shape index (κ2) is 15.6. The highest BCUT2D eigenvalue weighted by atomic mass is 16.5. The van der Waals surface area contributed by atoms with Gasteiger partial charge in [-0.2, -0.15) is 0 Å². The normalized spacial score (nSPS) is 12.9. The topological polar surface area (TPSA) is 188 Å². The van der Waals surface area contributed by atoms with Crippen molar-refractivity contribution in [1.82, 2.24) is 10.6 Å². The molecule has 0 spiro atoms. The number of carbonyl (C=O) groups is 6. The van der Waals surface area contributed by atoms with Crippen molar-refractivity contribution in [1.29, 1.82) is 0 Å². The number of hydrogen-bond acceptors (Lipinski definition) is 7. The number of amides is 3. The van der Waals surface area contributed by atoms with E-state index in [2.05, 4.69) is 16.0 Å². The summed E-state index contributed by atoms with van der Waals surface area (Å²) in [6, 6.07) is 12.8. The first-order valence-corrected chi connectivity index (χ1v) is 12.6. The SMILES string of the molecule is CC(C)CC(C(=O)NC(C=O)CC(=O)O)C(=O)NC(CCC(=O)O)C(=O)Nc1ccc(Oc2ccccc2)cc1. The minimum Gasteiger partial charge on any atom is -0.481 e. The quantitative estimate of drug-likeness (QED) is 0.153. The van der Waals surface area contributed by atoms with E-state index in [9.17, 15) is 28.8 Å². The third-order valence-corrected chi connectivity index (χ3v) is 5.61. The molecule has 12 nitrogen and oxygen atoms in total. The highest BCUT2D eigenvalue weighted by Gasteiger charge is 2.32. The number of rotatable bonds is 16. The van der Waals surface area contributed by atoms with E-state index in [4.69, 9.17) is 14.9 Å². The Morgan fingerprint density at radius 1 is 0.825 bits per heavy atom. The lowest BCUT2D eigenvalue weighted by Gasteiger charge is -2.23. The van der Waals surface area contributed by atoms with E-state index in [0.29, 0.717) is 17.2 Å². The maximum atomic E-state index is 13.1. The fourth-order valence-corrected chi connectivity index (χ4v) is 3.68. The first-order chi connectivity index (χ1) is 19.0. The van der Waals surface area contributed by atoms with Crippen LogP contribution in [-0.2, 0) is 28.8 Å². The average Bonchev–Trinajstić information content (AvgIpc) is 2.90. The highest BCUT2D eigenvalue weighted by Crippen LogP contribution is 2.23. The van der Waals surface area contributed by atoms with E-state index in [1.165, 1.54) is 0 Å². The molecule has 0 saturated carbocycles. The number of carboxylic acids is 2. The number of para-hydroxylation sites is 1. The van der Waals surface area contributed by atoms with Crippen molar-refractivity contribution in [2.45, 2.75) is 51.6 Å². The third kappa shape index (κ3) is 10.9. The molecule has 40 heavy (non-hydrogen) atoms. The minimum absolute atomic E-state index is 0.0342. The van der Waals surface area contributed by atoms with Crippen LogP contribution in [-0.4, -0.2) is 58.2 Å². The number of nitrogens with one attached hydrogen (secondary N) is 3. The van der Waals surface area contributed by atoms with Crippen LogP contribution >= 0.6 is 0 Å². The number of benzene rings is 2. The summed E-state index contributed by atoms with van der Waals surface area (Å²) >= 11 is 0. The van der Waals surface area contributed by atoms with Crippen molar-refractivity contribution in [2.24, 2.45) is 11.8 Å². The van der Waals surface area contributed by atoms with Crippen LogP contribution in [0.5, 0.6) is 11.5 Å². The fraction of sp³-hybridized carbons (Fsp3) is 0.357. The molecule has 5 N–H and O–H groups in total. The van der Waals surface area contributed by atoms with Crippen molar-refractivity contribution in [3.63, 3.8) is 0 Å². The summed E-state index contributed by atoms with van der Waals surface area (Å²) in [5.74, 6) is -5.31. The first kappa shape index (κ1) is 31.5. The Morgan fingerprint density at radius 2 is 1.43 bits per heavy atom. The summed E-state index contributed by atoms with van der Waals surface area (Å²) in [5.41, 5.74) is 0.360. The molecule has 0 aliphatic heterocycles. The monoisotopic (exact) mass is 555 g/mol. The van der Waals surface area contributed by atoms with Crippen LogP contribution < -0.4 is 20.7 Å². The Bertz CT molecular complexity index is 1180. The molecule has 2 aromatic rings. The van der Waals surface area contributed by atoms with E-state index >= 15 is 0 Å². The molecule has 0 aromatic heterocycles. The summed E-state index contributed by atoms with van der Waals surface area (Å²) < 4.78 is 5.71. The summed E-state index contributed by atoms with van der Waals surface area (Å²) in [7, 11) is 0. The van der Waals surface area contributed by atoms with Crippen molar-refractivity contribution in [3.05, 3.63) is 54.6 Å². The second-order valence-corrected chi connectivity index (χ2v) is 9.45. The van der Waals surface area contributed by atoms with Crippen LogP contribution in [0, 0.1) is 11.8 Å². The molecule has 3 unspecified atom stereocenters. The lowest BCUT2D eigenvalue weighted by atomic mass is 9.94. The van der Waals surface area contributed by atoms with Crippen LogP contribution in [0.15, 0.2) is 54.6 Å². The van der Waals surface area contributed by atoms with E-state index in [1.54, 1.807) is 50.2 Å². The molecule has 0 aliphatic rings. The maximum absolute atomic E-state index is 13.1. The van der Waals surface area contributed by atoms with Crippen LogP contribution in [0.25, 0.3) is 0 Å². The van der Waals surface area contributed by atoms with E-state index in [0.717, 1.165) is 0 Å². The molecule has 0 fully saturated rings. The zero-order valence-electron chi connectivity index (χ0n) is 22.2. The van der Waals surface area contributed by atoms with Gasteiger partial charge in [0.25, 0.3) is 0 Å². The maximum Gasteiger partial charge on any atom is 0.305 e. The van der Waals surface area contributed by atoms with Gasteiger partial charge >= 0.3 is 11.9 Å². The van der Waals surface area contributed by atoms with Gasteiger partial charge in [-0.3, -0.25) is 24.0 Å². The molecular weight excluding hydrogens is 522 g/mol. The molecule has 3 atom stereocenters. The molecule has 0 heterocycles. The molecule has 214 valence electrons.